The number of likely N-dealkylation sites (tertiary alicyclic amines) is 1. The van der Waals surface area contributed by atoms with Crippen LogP contribution < -0.4 is 0 Å². The van der Waals surface area contributed by atoms with Crippen molar-refractivity contribution in [2.75, 3.05) is 13.1 Å². The molecule has 24 heavy (non-hydrogen) atoms. The van der Waals surface area contributed by atoms with Crippen LogP contribution in [-0.4, -0.2) is 40.0 Å². The summed E-state index contributed by atoms with van der Waals surface area (Å²) < 4.78 is 0. The first-order valence-electron chi connectivity index (χ1n) is 8.10. The van der Waals surface area contributed by atoms with Gasteiger partial charge >= 0.3 is 5.97 Å². The molecule has 1 N–H and O–H groups in total. The van der Waals surface area contributed by atoms with E-state index >= 15 is 0 Å². The summed E-state index contributed by atoms with van der Waals surface area (Å²) in [7, 11) is 0. The van der Waals surface area contributed by atoms with Crippen molar-refractivity contribution in [3.05, 3.63) is 41.0 Å². The molecule has 1 saturated heterocycles. The van der Waals surface area contributed by atoms with Gasteiger partial charge in [0.1, 0.15) is 0 Å². The number of rotatable bonds is 3. The topological polar surface area (TPSA) is 70.5 Å². The molecule has 1 amide bonds. The van der Waals surface area contributed by atoms with Gasteiger partial charge in [-0.1, -0.05) is 17.7 Å². The average Bonchev–Trinajstić information content (AvgIpc) is 2.78. The van der Waals surface area contributed by atoms with E-state index in [4.69, 9.17) is 16.7 Å². The number of halogens is 1. The van der Waals surface area contributed by atoms with Crippen LogP contribution in [0.3, 0.4) is 0 Å². The third-order valence-corrected chi connectivity index (χ3v) is 4.72. The van der Waals surface area contributed by atoms with Gasteiger partial charge in [-0.3, -0.25) is 14.6 Å². The zero-order chi connectivity index (χ0) is 17.1. The molecule has 0 unspecified atom stereocenters. The molecule has 2 heterocycles. The molecule has 0 saturated carbocycles. The fraction of sp³-hybridized carbons (Fsp3) is 0.389. The third-order valence-electron chi connectivity index (χ3n) is 4.50. The summed E-state index contributed by atoms with van der Waals surface area (Å²) in [6.45, 7) is 1.20. The van der Waals surface area contributed by atoms with Crippen molar-refractivity contribution >= 4 is 34.4 Å². The Labute approximate surface area is 145 Å². The maximum Gasteiger partial charge on any atom is 0.303 e. The van der Waals surface area contributed by atoms with E-state index < -0.39 is 5.97 Å². The molecule has 0 aliphatic carbocycles. The van der Waals surface area contributed by atoms with Gasteiger partial charge in [0.05, 0.1) is 11.1 Å². The van der Waals surface area contributed by atoms with Gasteiger partial charge in [0.2, 0.25) is 0 Å². The molecule has 1 atom stereocenters. The van der Waals surface area contributed by atoms with Crippen molar-refractivity contribution in [2.24, 2.45) is 5.92 Å². The quantitative estimate of drug-likeness (QED) is 0.921. The second-order valence-electron chi connectivity index (χ2n) is 6.22. The van der Waals surface area contributed by atoms with Crippen LogP contribution in [0.1, 0.15) is 36.0 Å². The van der Waals surface area contributed by atoms with Crippen LogP contribution in [0.5, 0.6) is 0 Å². The van der Waals surface area contributed by atoms with Crippen LogP contribution in [0.4, 0.5) is 0 Å². The third kappa shape index (κ3) is 3.67. The van der Waals surface area contributed by atoms with Crippen LogP contribution in [0.15, 0.2) is 30.5 Å². The summed E-state index contributed by atoms with van der Waals surface area (Å²) in [6.07, 6.45) is 4.20. The summed E-state index contributed by atoms with van der Waals surface area (Å²) >= 11 is 6.16. The highest BCUT2D eigenvalue weighted by Gasteiger charge is 2.24. The predicted octanol–water partition coefficient (Wildman–Crippen LogP) is 3.61. The second-order valence-corrected chi connectivity index (χ2v) is 6.65. The van der Waals surface area contributed by atoms with E-state index in [1.165, 1.54) is 0 Å². The number of carboxylic acids is 1. The van der Waals surface area contributed by atoms with E-state index in [1.807, 2.05) is 12.1 Å². The summed E-state index contributed by atoms with van der Waals surface area (Å²) in [5, 5.41) is 10.3. The van der Waals surface area contributed by atoms with Crippen molar-refractivity contribution in [1.82, 2.24) is 9.88 Å². The molecular formula is C18H19ClN2O3. The van der Waals surface area contributed by atoms with Crippen LogP contribution in [0.25, 0.3) is 10.9 Å². The lowest BCUT2D eigenvalue weighted by molar-refractivity contribution is -0.138. The van der Waals surface area contributed by atoms with Gasteiger partial charge in [0.15, 0.2) is 0 Å². The lowest BCUT2D eigenvalue weighted by atomic mass is 9.97. The minimum atomic E-state index is -0.773. The molecule has 2 aromatic rings. The van der Waals surface area contributed by atoms with Gasteiger partial charge < -0.3 is 10.0 Å². The van der Waals surface area contributed by atoms with E-state index in [0.29, 0.717) is 35.6 Å². The first kappa shape index (κ1) is 16.7. The zero-order valence-corrected chi connectivity index (χ0v) is 14.0. The predicted molar refractivity (Wildman–Crippen MR) is 92.3 cm³/mol. The molecule has 1 aliphatic rings. The van der Waals surface area contributed by atoms with E-state index in [1.54, 1.807) is 23.2 Å². The molecule has 0 radical (unpaired) electrons. The second kappa shape index (κ2) is 7.18. The number of pyridine rings is 1. The molecule has 1 aromatic carbocycles. The first-order valence-corrected chi connectivity index (χ1v) is 8.48. The summed E-state index contributed by atoms with van der Waals surface area (Å²) in [6, 6.07) is 7.16. The lowest BCUT2D eigenvalue weighted by Gasteiger charge is -2.21. The summed E-state index contributed by atoms with van der Waals surface area (Å²) in [5.41, 5.74) is 1.16. The van der Waals surface area contributed by atoms with Gasteiger partial charge in [-0.2, -0.15) is 0 Å². The molecule has 0 spiro atoms. The molecule has 126 valence electrons. The monoisotopic (exact) mass is 346 g/mol. The van der Waals surface area contributed by atoms with Crippen molar-refractivity contribution in [3.8, 4) is 0 Å². The maximum absolute atomic E-state index is 13.0. The Hall–Kier alpha value is -2.14. The average molecular weight is 347 g/mol. The molecule has 3 rings (SSSR count). The summed E-state index contributed by atoms with van der Waals surface area (Å²) in [5.74, 6) is -0.725. The number of amides is 1. The molecule has 6 heteroatoms. The van der Waals surface area contributed by atoms with Gasteiger partial charge in [-0.25, -0.2) is 0 Å². The number of fused-ring (bicyclic) bond motifs is 1. The van der Waals surface area contributed by atoms with E-state index in [9.17, 15) is 9.59 Å². The minimum absolute atomic E-state index is 0.0859. The van der Waals surface area contributed by atoms with Crippen LogP contribution in [-0.2, 0) is 4.79 Å². The Balaban J connectivity index is 1.83. The Bertz CT molecular complexity index is 778. The normalized spacial score (nSPS) is 18.4. The molecule has 5 nitrogen and oxygen atoms in total. The number of aromatic nitrogens is 1. The van der Waals surface area contributed by atoms with E-state index in [2.05, 4.69) is 4.98 Å². The van der Waals surface area contributed by atoms with Gasteiger partial charge in [-0.15, -0.1) is 0 Å². The molecular weight excluding hydrogens is 328 g/mol. The molecule has 0 bridgehead atoms. The summed E-state index contributed by atoms with van der Waals surface area (Å²) in [4.78, 5) is 30.0. The lowest BCUT2D eigenvalue weighted by Crippen LogP contribution is -2.32. The van der Waals surface area contributed by atoms with Crippen molar-refractivity contribution in [2.45, 2.75) is 25.7 Å². The highest BCUT2D eigenvalue weighted by Crippen LogP contribution is 2.26. The number of carbonyl (C=O) groups excluding carboxylic acids is 1. The number of aliphatic carboxylic acids is 1. The molecule has 1 aliphatic heterocycles. The molecule has 1 aromatic heterocycles. The Morgan fingerprint density at radius 3 is 2.92 bits per heavy atom. The Morgan fingerprint density at radius 2 is 2.12 bits per heavy atom. The fourth-order valence-corrected chi connectivity index (χ4v) is 3.54. The van der Waals surface area contributed by atoms with E-state index in [-0.39, 0.29) is 18.2 Å². The van der Waals surface area contributed by atoms with Crippen molar-refractivity contribution in [1.29, 1.82) is 0 Å². The first-order chi connectivity index (χ1) is 11.5. The highest BCUT2D eigenvalue weighted by atomic mass is 35.5. The van der Waals surface area contributed by atoms with Crippen LogP contribution in [0, 0.1) is 5.92 Å². The number of benzene rings is 1. The zero-order valence-electron chi connectivity index (χ0n) is 13.2. The number of carbonyl (C=O) groups is 2. The van der Waals surface area contributed by atoms with Crippen LogP contribution >= 0.6 is 11.6 Å². The molecule has 1 fully saturated rings. The van der Waals surface area contributed by atoms with Gasteiger partial charge in [-0.05, 0) is 43.4 Å². The number of nitrogens with zero attached hydrogens (tertiary/aromatic N) is 2. The smallest absolute Gasteiger partial charge is 0.303 e. The van der Waals surface area contributed by atoms with E-state index in [0.717, 1.165) is 18.2 Å². The van der Waals surface area contributed by atoms with Crippen molar-refractivity contribution < 1.29 is 14.7 Å². The minimum Gasteiger partial charge on any atom is -0.481 e. The largest absolute Gasteiger partial charge is 0.481 e. The SMILES string of the molecule is O=C(O)C[C@@H]1CCCN(C(=O)c2cc(Cl)cc3cccnc23)CC1. The highest BCUT2D eigenvalue weighted by molar-refractivity contribution is 6.32. The fourth-order valence-electron chi connectivity index (χ4n) is 3.31. The van der Waals surface area contributed by atoms with Gasteiger partial charge in [0, 0.05) is 36.1 Å². The Kier molecular flexibility index (Phi) is 5.00. The number of hydrogen-bond donors (Lipinski definition) is 1. The Morgan fingerprint density at radius 1 is 1.29 bits per heavy atom. The van der Waals surface area contributed by atoms with Crippen molar-refractivity contribution in [3.63, 3.8) is 0 Å². The van der Waals surface area contributed by atoms with Crippen LogP contribution in [0.2, 0.25) is 5.02 Å². The maximum atomic E-state index is 13.0. The number of hydrogen-bond acceptors (Lipinski definition) is 3. The van der Waals surface area contributed by atoms with Gasteiger partial charge in [0.25, 0.3) is 5.91 Å². The number of carboxylic acid groups (broad SMARTS) is 1. The standard InChI is InChI=1S/C18H19ClN2O3/c19-14-10-13-4-1-6-20-17(13)15(11-14)18(24)21-7-2-3-12(5-8-21)9-16(22)23/h1,4,6,10-12H,2-3,5,7-9H2,(H,22,23)/t12-/m1/s1.